The number of hydrogen-bond acceptors (Lipinski definition) is 2. The second-order valence-electron chi connectivity index (χ2n) is 4.38. The van der Waals surface area contributed by atoms with Gasteiger partial charge in [-0.3, -0.25) is 11.3 Å². The fraction of sp³-hybridized carbons (Fsp3) is 0.500. The normalized spacial score (nSPS) is 17.7. The molecule has 1 aromatic carbocycles. The highest BCUT2D eigenvalue weighted by Gasteiger charge is 2.24. The van der Waals surface area contributed by atoms with Crippen LogP contribution in [0.4, 0.5) is 4.39 Å². The number of halogens is 1. The largest absolute Gasteiger partial charge is 0.271 e. The topological polar surface area (TPSA) is 38.0 Å². The van der Waals surface area contributed by atoms with Crippen molar-refractivity contribution < 1.29 is 4.39 Å². The van der Waals surface area contributed by atoms with Gasteiger partial charge in [-0.25, -0.2) is 4.39 Å². The lowest BCUT2D eigenvalue weighted by Gasteiger charge is -2.15. The van der Waals surface area contributed by atoms with E-state index in [1.54, 1.807) is 12.1 Å². The molecule has 1 fully saturated rings. The number of hydrazine groups is 1. The molecule has 1 saturated carbocycles. The Morgan fingerprint density at radius 2 is 2.27 bits per heavy atom. The van der Waals surface area contributed by atoms with Crippen molar-refractivity contribution in [1.82, 2.24) is 5.43 Å². The first-order chi connectivity index (χ1) is 7.28. The van der Waals surface area contributed by atoms with Crippen molar-refractivity contribution in [1.29, 1.82) is 0 Å². The Kier molecular flexibility index (Phi) is 3.34. The van der Waals surface area contributed by atoms with E-state index in [1.807, 2.05) is 6.07 Å². The van der Waals surface area contributed by atoms with E-state index in [1.165, 1.54) is 18.9 Å². The Balaban J connectivity index is 1.92. The molecular formula is C12H17FN2. The predicted molar refractivity (Wildman–Crippen MR) is 58.6 cm³/mol. The number of hydrogen-bond donors (Lipinski definition) is 2. The summed E-state index contributed by atoms with van der Waals surface area (Å²) in [4.78, 5) is 0. The predicted octanol–water partition coefficient (Wildman–Crippen LogP) is 2.00. The Bertz CT molecular complexity index is 323. The molecular weight excluding hydrogens is 191 g/mol. The van der Waals surface area contributed by atoms with Crippen molar-refractivity contribution in [2.45, 2.75) is 31.7 Å². The molecule has 0 spiro atoms. The first-order valence-corrected chi connectivity index (χ1v) is 5.48. The fourth-order valence-corrected chi connectivity index (χ4v) is 1.91. The van der Waals surface area contributed by atoms with Crippen molar-refractivity contribution in [2.24, 2.45) is 11.8 Å². The molecule has 0 heterocycles. The van der Waals surface area contributed by atoms with E-state index >= 15 is 0 Å². The van der Waals surface area contributed by atoms with E-state index in [4.69, 9.17) is 5.84 Å². The second kappa shape index (κ2) is 4.73. The van der Waals surface area contributed by atoms with Gasteiger partial charge in [-0.05, 0) is 36.5 Å². The second-order valence-corrected chi connectivity index (χ2v) is 4.38. The minimum absolute atomic E-state index is 0.172. The van der Waals surface area contributed by atoms with Crippen molar-refractivity contribution >= 4 is 0 Å². The average Bonchev–Trinajstić information content (AvgIpc) is 3.01. The lowest BCUT2D eigenvalue weighted by atomic mass is 10.0. The first kappa shape index (κ1) is 10.6. The van der Waals surface area contributed by atoms with Gasteiger partial charge in [0.05, 0.1) is 0 Å². The van der Waals surface area contributed by atoms with Crippen molar-refractivity contribution in [3.63, 3.8) is 0 Å². The van der Waals surface area contributed by atoms with Gasteiger partial charge in [-0.1, -0.05) is 25.0 Å². The summed E-state index contributed by atoms with van der Waals surface area (Å²) >= 11 is 0. The van der Waals surface area contributed by atoms with Crippen LogP contribution in [0.5, 0.6) is 0 Å². The Morgan fingerprint density at radius 3 is 2.87 bits per heavy atom. The third kappa shape index (κ3) is 3.29. The SMILES string of the molecule is NNC(Cc1cccc(F)c1)CC1CC1. The maximum absolute atomic E-state index is 12.9. The highest BCUT2D eigenvalue weighted by Crippen LogP contribution is 2.33. The molecule has 1 aromatic rings. The molecule has 1 aliphatic rings. The van der Waals surface area contributed by atoms with Gasteiger partial charge < -0.3 is 0 Å². The van der Waals surface area contributed by atoms with Crippen LogP contribution in [-0.4, -0.2) is 6.04 Å². The fourth-order valence-electron chi connectivity index (χ4n) is 1.91. The molecule has 2 nitrogen and oxygen atoms in total. The summed E-state index contributed by atoms with van der Waals surface area (Å²) in [7, 11) is 0. The molecule has 2 rings (SSSR count). The molecule has 82 valence electrons. The maximum Gasteiger partial charge on any atom is 0.123 e. The quantitative estimate of drug-likeness (QED) is 0.573. The molecule has 1 atom stereocenters. The maximum atomic E-state index is 12.9. The Morgan fingerprint density at radius 1 is 1.47 bits per heavy atom. The monoisotopic (exact) mass is 208 g/mol. The molecule has 0 aromatic heterocycles. The summed E-state index contributed by atoms with van der Waals surface area (Å²) < 4.78 is 12.9. The van der Waals surface area contributed by atoms with E-state index in [0.29, 0.717) is 0 Å². The van der Waals surface area contributed by atoms with Gasteiger partial charge in [0.15, 0.2) is 0 Å². The number of rotatable bonds is 5. The Hall–Kier alpha value is -0.930. The zero-order chi connectivity index (χ0) is 10.7. The molecule has 1 unspecified atom stereocenters. The Labute approximate surface area is 89.6 Å². The van der Waals surface area contributed by atoms with Crippen LogP contribution in [-0.2, 0) is 6.42 Å². The zero-order valence-corrected chi connectivity index (χ0v) is 8.75. The van der Waals surface area contributed by atoms with E-state index in [0.717, 1.165) is 24.3 Å². The summed E-state index contributed by atoms with van der Waals surface area (Å²) in [6.07, 6.45) is 4.56. The number of nitrogens with one attached hydrogen (secondary N) is 1. The molecule has 15 heavy (non-hydrogen) atoms. The van der Waals surface area contributed by atoms with Gasteiger partial charge in [0.2, 0.25) is 0 Å². The van der Waals surface area contributed by atoms with Gasteiger partial charge in [0, 0.05) is 6.04 Å². The summed E-state index contributed by atoms with van der Waals surface area (Å²) in [6, 6.07) is 7.02. The van der Waals surface area contributed by atoms with Crippen molar-refractivity contribution in [3.8, 4) is 0 Å². The van der Waals surface area contributed by atoms with Gasteiger partial charge in [-0.15, -0.1) is 0 Å². The molecule has 0 amide bonds. The average molecular weight is 208 g/mol. The van der Waals surface area contributed by atoms with Crippen LogP contribution in [0.15, 0.2) is 24.3 Å². The molecule has 3 heteroatoms. The summed E-state index contributed by atoms with van der Waals surface area (Å²) in [6.45, 7) is 0. The van der Waals surface area contributed by atoms with Gasteiger partial charge in [-0.2, -0.15) is 0 Å². The third-order valence-electron chi connectivity index (χ3n) is 2.92. The minimum Gasteiger partial charge on any atom is -0.271 e. The minimum atomic E-state index is -0.172. The van der Waals surface area contributed by atoms with Crippen LogP contribution in [0, 0.1) is 11.7 Å². The van der Waals surface area contributed by atoms with Crippen LogP contribution in [0.1, 0.15) is 24.8 Å². The highest BCUT2D eigenvalue weighted by molar-refractivity contribution is 5.17. The van der Waals surface area contributed by atoms with Crippen LogP contribution in [0.3, 0.4) is 0 Å². The van der Waals surface area contributed by atoms with Crippen molar-refractivity contribution in [3.05, 3.63) is 35.6 Å². The summed E-state index contributed by atoms with van der Waals surface area (Å²) in [5.74, 6) is 6.15. The lowest BCUT2D eigenvalue weighted by Crippen LogP contribution is -2.37. The highest BCUT2D eigenvalue weighted by atomic mass is 19.1. The van der Waals surface area contributed by atoms with E-state index < -0.39 is 0 Å². The number of nitrogens with two attached hydrogens (primary N) is 1. The van der Waals surface area contributed by atoms with Crippen LogP contribution in [0.25, 0.3) is 0 Å². The van der Waals surface area contributed by atoms with Gasteiger partial charge in [0.25, 0.3) is 0 Å². The third-order valence-corrected chi connectivity index (χ3v) is 2.92. The summed E-state index contributed by atoms with van der Waals surface area (Å²) in [5.41, 5.74) is 3.83. The zero-order valence-electron chi connectivity index (χ0n) is 8.75. The number of benzene rings is 1. The van der Waals surface area contributed by atoms with Crippen LogP contribution >= 0.6 is 0 Å². The van der Waals surface area contributed by atoms with Crippen LogP contribution < -0.4 is 11.3 Å². The van der Waals surface area contributed by atoms with E-state index in [-0.39, 0.29) is 11.9 Å². The summed E-state index contributed by atoms with van der Waals surface area (Å²) in [5, 5.41) is 0. The van der Waals surface area contributed by atoms with Gasteiger partial charge >= 0.3 is 0 Å². The molecule has 1 aliphatic carbocycles. The molecule has 0 saturated heterocycles. The first-order valence-electron chi connectivity index (χ1n) is 5.48. The van der Waals surface area contributed by atoms with E-state index in [9.17, 15) is 4.39 Å². The standard InChI is InChI=1S/C12H17FN2/c13-11-3-1-2-10(6-11)8-12(15-14)7-9-4-5-9/h1-3,6,9,12,15H,4-5,7-8,14H2. The van der Waals surface area contributed by atoms with E-state index in [2.05, 4.69) is 5.43 Å². The smallest absolute Gasteiger partial charge is 0.123 e. The molecule has 0 bridgehead atoms. The molecule has 0 radical (unpaired) electrons. The lowest BCUT2D eigenvalue weighted by molar-refractivity contribution is 0.465. The molecule has 3 N–H and O–H groups in total. The molecule has 0 aliphatic heterocycles. The van der Waals surface area contributed by atoms with Gasteiger partial charge in [0.1, 0.15) is 5.82 Å². The van der Waals surface area contributed by atoms with Crippen LogP contribution in [0.2, 0.25) is 0 Å². The van der Waals surface area contributed by atoms with Crippen molar-refractivity contribution in [2.75, 3.05) is 0 Å².